The number of allylic oxidation sites excluding steroid dienone is 4. The average Bonchev–Trinajstić information content (AvgIpc) is 0.917. The first kappa shape index (κ1) is 99.5. The van der Waals surface area contributed by atoms with Crippen LogP contribution in [0.15, 0.2) is 24.3 Å². The van der Waals surface area contributed by atoms with Crippen molar-refractivity contribution < 1.29 is 80.2 Å². The fraction of sp³-hybridized carbons (Fsp3) is 0.904. The number of rotatable bonds is 80. The molecule has 0 spiro atoms. The monoisotopic (exact) mass is 1490 g/mol. The highest BCUT2D eigenvalue weighted by molar-refractivity contribution is 7.47. The number of hydrogen-bond acceptors (Lipinski definition) is 15. The molecule has 0 aliphatic heterocycles. The Morgan fingerprint density at radius 1 is 0.304 bits per heavy atom. The topological polar surface area (TPSA) is 237 Å². The molecule has 0 aromatic rings. The van der Waals surface area contributed by atoms with E-state index >= 15 is 0 Å². The van der Waals surface area contributed by atoms with E-state index in [-0.39, 0.29) is 25.7 Å². The van der Waals surface area contributed by atoms with Gasteiger partial charge in [-0.1, -0.05) is 361 Å². The highest BCUT2D eigenvalue weighted by atomic mass is 31.2. The van der Waals surface area contributed by atoms with Gasteiger partial charge in [-0.25, -0.2) is 9.13 Å². The third-order valence-corrected chi connectivity index (χ3v) is 20.7. The van der Waals surface area contributed by atoms with E-state index in [1.165, 1.54) is 218 Å². The molecular formula is C83H158O17P2. The number of aliphatic hydroxyl groups is 1. The van der Waals surface area contributed by atoms with Crippen LogP contribution in [0.5, 0.6) is 0 Å². The number of carbonyl (C=O) groups is 4. The Morgan fingerprint density at radius 2 is 0.529 bits per heavy atom. The van der Waals surface area contributed by atoms with Crippen LogP contribution >= 0.6 is 15.6 Å². The highest BCUT2D eigenvalue weighted by Gasteiger charge is 2.30. The van der Waals surface area contributed by atoms with Crippen molar-refractivity contribution in [1.82, 2.24) is 0 Å². The van der Waals surface area contributed by atoms with Gasteiger partial charge in [-0.2, -0.15) is 0 Å². The van der Waals surface area contributed by atoms with Crippen LogP contribution in [-0.4, -0.2) is 96.7 Å². The molecule has 17 nitrogen and oxygen atoms in total. The summed E-state index contributed by atoms with van der Waals surface area (Å²) >= 11 is 0. The predicted octanol–water partition coefficient (Wildman–Crippen LogP) is 24.6. The third kappa shape index (κ3) is 75.8. The first-order valence-corrected chi connectivity index (χ1v) is 45.3. The molecule has 0 heterocycles. The van der Waals surface area contributed by atoms with Crippen LogP contribution in [0.4, 0.5) is 0 Å². The van der Waals surface area contributed by atoms with Gasteiger partial charge in [-0.3, -0.25) is 37.3 Å². The van der Waals surface area contributed by atoms with E-state index in [0.717, 1.165) is 115 Å². The molecule has 2 unspecified atom stereocenters. The molecule has 602 valence electrons. The molecule has 0 amide bonds. The average molecular weight is 1490 g/mol. The second-order valence-corrected chi connectivity index (χ2v) is 33.0. The van der Waals surface area contributed by atoms with Crippen molar-refractivity contribution in [2.75, 3.05) is 39.6 Å². The maximum Gasteiger partial charge on any atom is 0.472 e. The zero-order valence-electron chi connectivity index (χ0n) is 66.4. The van der Waals surface area contributed by atoms with Crippen molar-refractivity contribution in [2.24, 2.45) is 11.8 Å². The first-order valence-electron chi connectivity index (χ1n) is 42.3. The fourth-order valence-corrected chi connectivity index (χ4v) is 13.9. The lowest BCUT2D eigenvalue weighted by molar-refractivity contribution is -0.161. The molecule has 0 aliphatic carbocycles. The molecule has 0 aromatic heterocycles. The number of phosphoric acid groups is 2. The quantitative estimate of drug-likeness (QED) is 0.0169. The molecule has 0 saturated carbocycles. The summed E-state index contributed by atoms with van der Waals surface area (Å²) in [7, 11) is -9.94. The number of phosphoric ester groups is 2. The van der Waals surface area contributed by atoms with Gasteiger partial charge in [-0.05, 0) is 63.2 Å². The molecule has 0 radical (unpaired) electrons. The zero-order chi connectivity index (χ0) is 74.9. The Bertz CT molecular complexity index is 2050. The summed E-state index contributed by atoms with van der Waals surface area (Å²) in [5.41, 5.74) is 0. The Kier molecular flexibility index (Phi) is 72.2. The van der Waals surface area contributed by atoms with Crippen LogP contribution in [0.2, 0.25) is 0 Å². The van der Waals surface area contributed by atoms with Crippen LogP contribution in [0.25, 0.3) is 0 Å². The van der Waals surface area contributed by atoms with Gasteiger partial charge in [-0.15, -0.1) is 0 Å². The van der Waals surface area contributed by atoms with Gasteiger partial charge in [0.05, 0.1) is 26.4 Å². The minimum absolute atomic E-state index is 0.0855. The SMILES string of the molecule is CCCCCC/C=C\C=C/CCCCCCCC(=O)O[C@H](COC(=O)CCCCCCCCCCCCCC)COP(=O)(O)OC[C@H](O)COP(=O)(O)OC[C@@H](COC(=O)CCCCCCCCCCCCCCCC(C)C)OC(=O)CCCCCCCCCCCCCCCCCCC(C)C. The van der Waals surface area contributed by atoms with E-state index in [0.29, 0.717) is 25.7 Å². The van der Waals surface area contributed by atoms with Gasteiger partial charge in [0.25, 0.3) is 0 Å². The highest BCUT2D eigenvalue weighted by Crippen LogP contribution is 2.45. The summed E-state index contributed by atoms with van der Waals surface area (Å²) in [6.07, 6.45) is 67.3. The number of esters is 4. The first-order chi connectivity index (χ1) is 49.4. The lowest BCUT2D eigenvalue weighted by Gasteiger charge is -2.21. The van der Waals surface area contributed by atoms with Gasteiger partial charge in [0, 0.05) is 25.7 Å². The van der Waals surface area contributed by atoms with Crippen molar-refractivity contribution in [2.45, 2.75) is 432 Å². The van der Waals surface area contributed by atoms with Gasteiger partial charge in [0.1, 0.15) is 19.3 Å². The third-order valence-electron chi connectivity index (χ3n) is 18.8. The summed E-state index contributed by atoms with van der Waals surface area (Å²) in [6, 6.07) is 0. The molecule has 0 aliphatic rings. The number of carbonyl (C=O) groups excluding carboxylic acids is 4. The summed E-state index contributed by atoms with van der Waals surface area (Å²) in [6.45, 7) is 9.63. The smallest absolute Gasteiger partial charge is 0.462 e. The van der Waals surface area contributed by atoms with E-state index in [2.05, 4.69) is 65.8 Å². The molecule has 0 rings (SSSR count). The largest absolute Gasteiger partial charge is 0.472 e. The number of aliphatic hydroxyl groups excluding tert-OH is 1. The van der Waals surface area contributed by atoms with E-state index in [9.17, 15) is 43.2 Å². The molecule has 0 aromatic carbocycles. The van der Waals surface area contributed by atoms with Gasteiger partial charge >= 0.3 is 39.5 Å². The molecule has 0 bridgehead atoms. The summed E-state index contributed by atoms with van der Waals surface area (Å²) in [5, 5.41) is 10.7. The Hall–Kier alpha value is -2.46. The normalized spacial score (nSPS) is 14.0. The Labute approximate surface area is 624 Å². The molecule has 0 fully saturated rings. The standard InChI is InChI=1S/C83H158O17P2/c1-7-9-11-13-15-17-19-21-24-30-37-43-49-55-61-67-82(87)99-78(71-93-80(85)65-59-53-47-41-35-20-18-16-14-12-10-8-2)73-97-101(89,90)95-69-77(84)70-96-102(91,92)98-74-79(72-94-81(86)66-60-54-48-42-36-32-27-29-34-40-46-52-58-64-76(5)6)100-83(88)68-62-56-50-44-38-31-26-23-22-25-28-33-39-45-51-57-63-75(3)4/h17,19,21,24,75-79,84H,7-16,18,20,22-23,25-74H2,1-6H3,(H,89,90)(H,91,92)/b19-17-,24-21-/t77-,78+,79+/m0/s1. The van der Waals surface area contributed by atoms with Crippen molar-refractivity contribution in [3.05, 3.63) is 24.3 Å². The lowest BCUT2D eigenvalue weighted by atomic mass is 10.0. The van der Waals surface area contributed by atoms with Gasteiger partial charge in [0.15, 0.2) is 12.2 Å². The number of ether oxygens (including phenoxy) is 4. The zero-order valence-corrected chi connectivity index (χ0v) is 68.2. The van der Waals surface area contributed by atoms with E-state index in [1.54, 1.807) is 0 Å². The van der Waals surface area contributed by atoms with Crippen LogP contribution < -0.4 is 0 Å². The van der Waals surface area contributed by atoms with Crippen LogP contribution in [0.1, 0.15) is 414 Å². The second-order valence-electron chi connectivity index (χ2n) is 30.1. The van der Waals surface area contributed by atoms with E-state index in [1.807, 2.05) is 0 Å². The lowest BCUT2D eigenvalue weighted by Crippen LogP contribution is -2.30. The molecule has 3 N–H and O–H groups in total. The van der Waals surface area contributed by atoms with E-state index < -0.39 is 97.5 Å². The van der Waals surface area contributed by atoms with Crippen LogP contribution in [-0.2, 0) is 65.4 Å². The molecule has 102 heavy (non-hydrogen) atoms. The summed E-state index contributed by atoms with van der Waals surface area (Å²) in [4.78, 5) is 73.1. The van der Waals surface area contributed by atoms with Crippen molar-refractivity contribution in [1.29, 1.82) is 0 Å². The van der Waals surface area contributed by atoms with Crippen molar-refractivity contribution in [3.63, 3.8) is 0 Å². The minimum atomic E-state index is -4.97. The maximum absolute atomic E-state index is 13.1. The van der Waals surface area contributed by atoms with Crippen LogP contribution in [0, 0.1) is 11.8 Å². The fourth-order valence-electron chi connectivity index (χ4n) is 12.3. The molecular weight excluding hydrogens is 1330 g/mol. The molecule has 5 atom stereocenters. The van der Waals surface area contributed by atoms with Gasteiger partial charge < -0.3 is 33.8 Å². The molecule has 0 saturated heterocycles. The predicted molar refractivity (Wildman–Crippen MR) is 418 cm³/mol. The number of hydrogen-bond donors (Lipinski definition) is 3. The van der Waals surface area contributed by atoms with Crippen molar-refractivity contribution in [3.8, 4) is 0 Å². The second kappa shape index (κ2) is 74.0. The van der Waals surface area contributed by atoms with Crippen molar-refractivity contribution >= 4 is 39.5 Å². The van der Waals surface area contributed by atoms with E-state index in [4.69, 9.17) is 37.0 Å². The Balaban J connectivity index is 5.29. The van der Waals surface area contributed by atoms with Crippen LogP contribution in [0.3, 0.4) is 0 Å². The van der Waals surface area contributed by atoms with Gasteiger partial charge in [0.2, 0.25) is 0 Å². The minimum Gasteiger partial charge on any atom is -0.462 e. The Morgan fingerprint density at radius 3 is 0.804 bits per heavy atom. The summed E-state index contributed by atoms with van der Waals surface area (Å²) < 4.78 is 68.8. The number of unbranched alkanes of at least 4 members (excludes halogenated alkanes) is 47. The maximum atomic E-state index is 13.1. The summed E-state index contributed by atoms with van der Waals surface area (Å²) in [5.74, 6) is -0.537. The molecule has 19 heteroatoms.